The van der Waals surface area contributed by atoms with Crippen molar-refractivity contribution in [2.75, 3.05) is 0 Å². The van der Waals surface area contributed by atoms with Crippen LogP contribution in [0.4, 0.5) is 4.79 Å². The lowest BCUT2D eigenvalue weighted by molar-refractivity contribution is -0.139. The van der Waals surface area contributed by atoms with E-state index in [2.05, 4.69) is 16.6 Å². The van der Waals surface area contributed by atoms with Gasteiger partial charge in [-0.1, -0.05) is 36.3 Å². The summed E-state index contributed by atoms with van der Waals surface area (Å²) in [7, 11) is 0. The maximum atomic E-state index is 11.8. The van der Waals surface area contributed by atoms with Gasteiger partial charge in [-0.15, -0.1) is 6.42 Å². The normalized spacial score (nSPS) is 12.0. The van der Waals surface area contributed by atoms with Crippen LogP contribution in [0.25, 0.3) is 0 Å². The van der Waals surface area contributed by atoms with Crippen molar-refractivity contribution in [2.45, 2.75) is 38.3 Å². The van der Waals surface area contributed by atoms with Gasteiger partial charge in [0, 0.05) is 0 Å². The quantitative estimate of drug-likeness (QED) is 0.698. The van der Waals surface area contributed by atoms with Crippen LogP contribution in [0.15, 0.2) is 30.3 Å². The van der Waals surface area contributed by atoms with Gasteiger partial charge >= 0.3 is 12.0 Å². The Hall–Kier alpha value is -2.48. The average Bonchev–Trinajstić information content (AvgIpc) is 2.43. The van der Waals surface area contributed by atoms with E-state index >= 15 is 0 Å². The van der Waals surface area contributed by atoms with Crippen LogP contribution in [0.5, 0.6) is 0 Å². The maximum absolute atomic E-state index is 11.8. The number of aryl methyl sites for hydroxylation is 1. The molecule has 21 heavy (non-hydrogen) atoms. The van der Waals surface area contributed by atoms with E-state index in [1.165, 1.54) is 0 Å². The molecule has 0 aliphatic rings. The van der Waals surface area contributed by atoms with Gasteiger partial charge in [0.25, 0.3) is 0 Å². The number of rotatable bonds is 6. The predicted molar refractivity (Wildman–Crippen MR) is 80.8 cm³/mol. The van der Waals surface area contributed by atoms with E-state index in [1.807, 2.05) is 30.3 Å². The van der Waals surface area contributed by atoms with E-state index in [9.17, 15) is 14.7 Å². The molecule has 5 heteroatoms. The Morgan fingerprint density at radius 2 is 1.95 bits per heavy atom. The largest absolute Gasteiger partial charge is 0.480 e. The van der Waals surface area contributed by atoms with Gasteiger partial charge in [0.15, 0.2) is 0 Å². The first-order valence-corrected chi connectivity index (χ1v) is 6.67. The molecule has 0 saturated heterocycles. The molecule has 1 rings (SSSR count). The Bertz CT molecular complexity index is 532. The molecule has 5 nitrogen and oxygen atoms in total. The van der Waals surface area contributed by atoms with Crippen LogP contribution in [0, 0.1) is 12.3 Å². The monoisotopic (exact) mass is 288 g/mol. The molecule has 0 spiro atoms. The van der Waals surface area contributed by atoms with Crippen molar-refractivity contribution in [1.29, 1.82) is 0 Å². The fourth-order valence-corrected chi connectivity index (χ4v) is 1.73. The number of nitrogens with one attached hydrogen (secondary N) is 2. The van der Waals surface area contributed by atoms with Gasteiger partial charge in [-0.05, 0) is 32.3 Å². The fraction of sp³-hybridized carbons (Fsp3) is 0.375. The average molecular weight is 288 g/mol. The molecular weight excluding hydrogens is 268 g/mol. The number of benzene rings is 1. The molecule has 0 fully saturated rings. The molecule has 1 unspecified atom stereocenters. The lowest BCUT2D eigenvalue weighted by atomic mass is 10.1. The summed E-state index contributed by atoms with van der Waals surface area (Å²) in [6.45, 7) is 3.32. The van der Waals surface area contributed by atoms with E-state index in [0.717, 1.165) is 5.56 Å². The van der Waals surface area contributed by atoms with Crippen molar-refractivity contribution in [3.8, 4) is 12.3 Å². The SMILES string of the molecule is C#CC(C)(C)NC(=O)NC(CCc1ccccc1)C(=O)O. The number of amides is 2. The van der Waals surface area contributed by atoms with Gasteiger partial charge in [-0.2, -0.15) is 0 Å². The summed E-state index contributed by atoms with van der Waals surface area (Å²) >= 11 is 0. The molecule has 0 radical (unpaired) electrons. The number of hydrogen-bond acceptors (Lipinski definition) is 2. The van der Waals surface area contributed by atoms with Gasteiger partial charge in [0.05, 0.1) is 5.54 Å². The predicted octanol–water partition coefficient (Wildman–Crippen LogP) is 1.78. The van der Waals surface area contributed by atoms with Crippen LogP contribution in [-0.2, 0) is 11.2 Å². The zero-order chi connectivity index (χ0) is 15.9. The highest BCUT2D eigenvalue weighted by molar-refractivity contribution is 5.83. The number of carbonyl (C=O) groups excluding carboxylic acids is 1. The van der Waals surface area contributed by atoms with Gasteiger partial charge < -0.3 is 15.7 Å². The number of carboxylic acids is 1. The molecule has 0 heterocycles. The summed E-state index contributed by atoms with van der Waals surface area (Å²) in [6, 6.07) is 7.96. The van der Waals surface area contributed by atoms with Gasteiger partial charge in [0.2, 0.25) is 0 Å². The van der Waals surface area contributed by atoms with Gasteiger partial charge in [0.1, 0.15) is 6.04 Å². The molecule has 1 aromatic carbocycles. The first kappa shape index (κ1) is 16.6. The van der Waals surface area contributed by atoms with Crippen LogP contribution < -0.4 is 10.6 Å². The zero-order valence-electron chi connectivity index (χ0n) is 12.2. The highest BCUT2D eigenvalue weighted by Gasteiger charge is 2.23. The minimum Gasteiger partial charge on any atom is -0.480 e. The van der Waals surface area contributed by atoms with Crippen LogP contribution in [-0.4, -0.2) is 28.7 Å². The van der Waals surface area contributed by atoms with Crippen LogP contribution in [0.1, 0.15) is 25.8 Å². The third-order valence-corrected chi connectivity index (χ3v) is 2.95. The van der Waals surface area contributed by atoms with Crippen LogP contribution >= 0.6 is 0 Å². The molecule has 1 aromatic rings. The molecule has 2 amide bonds. The first-order valence-electron chi connectivity index (χ1n) is 6.67. The van der Waals surface area contributed by atoms with Crippen molar-refractivity contribution in [3.05, 3.63) is 35.9 Å². The number of terminal acetylenes is 1. The second kappa shape index (κ2) is 7.34. The summed E-state index contributed by atoms with van der Waals surface area (Å²) in [5.74, 6) is 1.34. The highest BCUT2D eigenvalue weighted by Crippen LogP contribution is 2.06. The van der Waals surface area contributed by atoms with Gasteiger partial charge in [-0.25, -0.2) is 9.59 Å². The number of aliphatic carboxylic acids is 1. The second-order valence-electron chi connectivity index (χ2n) is 5.28. The molecule has 1 atom stereocenters. The molecule has 3 N–H and O–H groups in total. The first-order chi connectivity index (χ1) is 9.84. The lowest BCUT2D eigenvalue weighted by Gasteiger charge is -2.22. The maximum Gasteiger partial charge on any atom is 0.326 e. The molecular formula is C16H20N2O3. The van der Waals surface area contributed by atoms with E-state index in [1.54, 1.807) is 13.8 Å². The number of hydrogen-bond donors (Lipinski definition) is 3. The van der Waals surface area contributed by atoms with Crippen molar-refractivity contribution >= 4 is 12.0 Å². The fourth-order valence-electron chi connectivity index (χ4n) is 1.73. The third-order valence-electron chi connectivity index (χ3n) is 2.95. The lowest BCUT2D eigenvalue weighted by Crippen LogP contribution is -2.52. The minimum absolute atomic E-state index is 0.309. The highest BCUT2D eigenvalue weighted by atomic mass is 16.4. The van der Waals surface area contributed by atoms with E-state index in [0.29, 0.717) is 12.8 Å². The Balaban J connectivity index is 2.57. The molecule has 0 aliphatic heterocycles. The summed E-state index contributed by atoms with van der Waals surface area (Å²) in [4.78, 5) is 23.0. The summed E-state index contributed by atoms with van der Waals surface area (Å²) in [5.41, 5.74) is 0.196. The smallest absolute Gasteiger partial charge is 0.326 e. The van der Waals surface area contributed by atoms with Crippen molar-refractivity contribution in [1.82, 2.24) is 10.6 Å². The molecule has 112 valence electrons. The van der Waals surface area contributed by atoms with Crippen LogP contribution in [0.3, 0.4) is 0 Å². The Morgan fingerprint density at radius 3 is 2.48 bits per heavy atom. The Labute approximate surface area is 124 Å². The van der Waals surface area contributed by atoms with Crippen molar-refractivity contribution in [2.24, 2.45) is 0 Å². The van der Waals surface area contributed by atoms with Crippen LogP contribution in [0.2, 0.25) is 0 Å². The summed E-state index contributed by atoms with van der Waals surface area (Å²) in [5, 5.41) is 14.1. The second-order valence-corrected chi connectivity index (χ2v) is 5.28. The number of urea groups is 1. The molecule has 0 saturated carbocycles. The van der Waals surface area contributed by atoms with E-state index < -0.39 is 23.6 Å². The Kier molecular flexibility index (Phi) is 5.79. The molecule has 0 bridgehead atoms. The summed E-state index contributed by atoms with van der Waals surface area (Å²) in [6.07, 6.45) is 6.15. The van der Waals surface area contributed by atoms with Gasteiger partial charge in [-0.3, -0.25) is 0 Å². The Morgan fingerprint density at radius 1 is 1.33 bits per heavy atom. The van der Waals surface area contributed by atoms with Crippen molar-refractivity contribution < 1.29 is 14.7 Å². The zero-order valence-corrected chi connectivity index (χ0v) is 12.2. The minimum atomic E-state index is -1.07. The topological polar surface area (TPSA) is 78.4 Å². The standard InChI is InChI=1S/C16H20N2O3/c1-4-16(2,3)18-15(21)17-13(14(19)20)11-10-12-8-6-5-7-9-12/h1,5-9,13H,10-11H2,2-3H3,(H,19,20)(H2,17,18,21). The van der Waals surface area contributed by atoms with E-state index in [4.69, 9.17) is 6.42 Å². The molecule has 0 aromatic heterocycles. The van der Waals surface area contributed by atoms with Crippen molar-refractivity contribution in [3.63, 3.8) is 0 Å². The number of carbonyl (C=O) groups is 2. The van der Waals surface area contributed by atoms with E-state index in [-0.39, 0.29) is 0 Å². The number of carboxylic acid groups (broad SMARTS) is 1. The third kappa shape index (κ3) is 6.00. The summed E-state index contributed by atoms with van der Waals surface area (Å²) < 4.78 is 0. The molecule has 0 aliphatic carbocycles.